The molecule has 3 aromatic rings. The monoisotopic (exact) mass is 254 g/mol. The van der Waals surface area contributed by atoms with Gasteiger partial charge in [-0.3, -0.25) is 4.68 Å². The van der Waals surface area contributed by atoms with E-state index in [1.54, 1.807) is 0 Å². The number of aromatic amines is 1. The lowest BCUT2D eigenvalue weighted by Crippen LogP contribution is -2.18. The van der Waals surface area contributed by atoms with Gasteiger partial charge in [-0.1, -0.05) is 18.2 Å². The van der Waals surface area contributed by atoms with Crippen LogP contribution in [0.5, 0.6) is 0 Å². The summed E-state index contributed by atoms with van der Waals surface area (Å²) >= 11 is 0. The molecule has 4 heteroatoms. The SMILES string of the molecule is Cn1nccc1CCNCc1cccc2cc[nH]c12. The Morgan fingerprint density at radius 2 is 2.21 bits per heavy atom. The van der Waals surface area contributed by atoms with Crippen LogP contribution in [0.4, 0.5) is 0 Å². The summed E-state index contributed by atoms with van der Waals surface area (Å²) in [6, 6.07) is 10.6. The van der Waals surface area contributed by atoms with E-state index in [0.717, 1.165) is 19.5 Å². The normalized spacial score (nSPS) is 11.2. The van der Waals surface area contributed by atoms with Crippen LogP contribution in [-0.2, 0) is 20.0 Å². The van der Waals surface area contributed by atoms with Gasteiger partial charge >= 0.3 is 0 Å². The van der Waals surface area contributed by atoms with Crippen LogP contribution < -0.4 is 5.32 Å². The Hall–Kier alpha value is -2.07. The van der Waals surface area contributed by atoms with Gasteiger partial charge in [0.25, 0.3) is 0 Å². The van der Waals surface area contributed by atoms with Crippen LogP contribution in [0.2, 0.25) is 0 Å². The van der Waals surface area contributed by atoms with Gasteiger partial charge in [0, 0.05) is 50.2 Å². The maximum atomic E-state index is 4.17. The molecule has 4 nitrogen and oxygen atoms in total. The standard InChI is InChI=1S/C15H18N4/c1-19-14(7-10-18-19)6-8-16-11-13-4-2-3-12-5-9-17-15(12)13/h2-5,7,9-10,16-17H,6,8,11H2,1H3. The largest absolute Gasteiger partial charge is 0.361 e. The quantitative estimate of drug-likeness (QED) is 0.686. The Morgan fingerprint density at radius 3 is 3.05 bits per heavy atom. The molecule has 2 N–H and O–H groups in total. The minimum Gasteiger partial charge on any atom is -0.361 e. The number of nitrogens with one attached hydrogen (secondary N) is 2. The van der Waals surface area contributed by atoms with E-state index in [9.17, 15) is 0 Å². The first-order valence-electron chi connectivity index (χ1n) is 6.57. The van der Waals surface area contributed by atoms with Gasteiger partial charge in [-0.2, -0.15) is 5.10 Å². The van der Waals surface area contributed by atoms with Crippen molar-refractivity contribution < 1.29 is 0 Å². The minimum atomic E-state index is 0.885. The number of para-hydroxylation sites is 1. The van der Waals surface area contributed by atoms with E-state index in [-0.39, 0.29) is 0 Å². The van der Waals surface area contributed by atoms with Crippen LogP contribution in [0.25, 0.3) is 10.9 Å². The highest BCUT2D eigenvalue weighted by atomic mass is 15.3. The number of benzene rings is 1. The van der Waals surface area contributed by atoms with Gasteiger partial charge in [0.1, 0.15) is 0 Å². The number of H-pyrrole nitrogens is 1. The molecule has 0 fully saturated rings. The van der Waals surface area contributed by atoms with Crippen LogP contribution in [0.15, 0.2) is 42.7 Å². The van der Waals surface area contributed by atoms with Gasteiger partial charge in [0.15, 0.2) is 0 Å². The van der Waals surface area contributed by atoms with E-state index >= 15 is 0 Å². The molecule has 2 aromatic heterocycles. The fourth-order valence-electron chi connectivity index (χ4n) is 2.38. The lowest BCUT2D eigenvalue weighted by atomic mass is 10.1. The molecule has 0 amide bonds. The van der Waals surface area contributed by atoms with E-state index < -0.39 is 0 Å². The van der Waals surface area contributed by atoms with Crippen LogP contribution in [0.1, 0.15) is 11.3 Å². The zero-order valence-corrected chi connectivity index (χ0v) is 11.1. The number of aryl methyl sites for hydroxylation is 1. The molecule has 0 unspecified atom stereocenters. The van der Waals surface area contributed by atoms with Gasteiger partial charge in [0.2, 0.25) is 0 Å². The van der Waals surface area contributed by atoms with E-state index in [2.05, 4.69) is 45.7 Å². The van der Waals surface area contributed by atoms with Crippen molar-refractivity contribution in [1.29, 1.82) is 0 Å². The average molecular weight is 254 g/mol. The molecular weight excluding hydrogens is 236 g/mol. The maximum Gasteiger partial charge on any atom is 0.0499 e. The van der Waals surface area contributed by atoms with Crippen molar-refractivity contribution in [1.82, 2.24) is 20.1 Å². The summed E-state index contributed by atoms with van der Waals surface area (Å²) in [6.45, 7) is 1.84. The summed E-state index contributed by atoms with van der Waals surface area (Å²) in [5.41, 5.74) is 3.80. The van der Waals surface area contributed by atoms with Crippen molar-refractivity contribution in [2.24, 2.45) is 7.05 Å². The van der Waals surface area contributed by atoms with Crippen molar-refractivity contribution in [3.63, 3.8) is 0 Å². The molecule has 0 radical (unpaired) electrons. The Balaban J connectivity index is 1.58. The smallest absolute Gasteiger partial charge is 0.0499 e. The zero-order chi connectivity index (χ0) is 13.1. The molecule has 0 aliphatic heterocycles. The molecule has 0 spiro atoms. The third kappa shape index (κ3) is 2.53. The molecular formula is C15H18N4. The van der Waals surface area contributed by atoms with E-state index in [1.807, 2.05) is 24.1 Å². The number of aromatic nitrogens is 3. The molecule has 0 saturated heterocycles. The minimum absolute atomic E-state index is 0.885. The number of rotatable bonds is 5. The fraction of sp³-hybridized carbons (Fsp3) is 0.267. The first-order valence-corrected chi connectivity index (χ1v) is 6.57. The fourth-order valence-corrected chi connectivity index (χ4v) is 2.38. The van der Waals surface area contributed by atoms with Gasteiger partial charge in [0.05, 0.1) is 0 Å². The maximum absolute atomic E-state index is 4.17. The number of nitrogens with zero attached hydrogens (tertiary/aromatic N) is 2. The summed E-state index contributed by atoms with van der Waals surface area (Å²) in [5, 5.41) is 8.93. The Bertz CT molecular complexity index is 665. The molecule has 0 aliphatic rings. The third-order valence-electron chi connectivity index (χ3n) is 3.47. The van der Waals surface area contributed by atoms with Crippen molar-refractivity contribution in [2.45, 2.75) is 13.0 Å². The van der Waals surface area contributed by atoms with Gasteiger partial charge < -0.3 is 10.3 Å². The van der Waals surface area contributed by atoms with Crippen molar-refractivity contribution >= 4 is 10.9 Å². The van der Waals surface area contributed by atoms with Crippen molar-refractivity contribution in [2.75, 3.05) is 6.54 Å². The highest BCUT2D eigenvalue weighted by Crippen LogP contribution is 2.16. The van der Waals surface area contributed by atoms with E-state index in [1.165, 1.54) is 22.2 Å². The lowest BCUT2D eigenvalue weighted by molar-refractivity contribution is 0.644. The second-order valence-electron chi connectivity index (χ2n) is 4.73. The topological polar surface area (TPSA) is 45.6 Å². The summed E-state index contributed by atoms with van der Waals surface area (Å²) in [4.78, 5) is 3.30. The van der Waals surface area contributed by atoms with Gasteiger partial charge in [-0.25, -0.2) is 0 Å². The third-order valence-corrected chi connectivity index (χ3v) is 3.47. The van der Waals surface area contributed by atoms with Crippen LogP contribution in [0.3, 0.4) is 0 Å². The predicted octanol–water partition coefficient (Wildman–Crippen LogP) is 2.23. The predicted molar refractivity (Wildman–Crippen MR) is 76.9 cm³/mol. The van der Waals surface area contributed by atoms with Crippen LogP contribution in [0, 0.1) is 0 Å². The highest BCUT2D eigenvalue weighted by molar-refractivity contribution is 5.82. The second-order valence-corrected chi connectivity index (χ2v) is 4.73. The summed E-state index contributed by atoms with van der Waals surface area (Å²) < 4.78 is 1.92. The van der Waals surface area contributed by atoms with Gasteiger partial charge in [-0.15, -0.1) is 0 Å². The summed E-state index contributed by atoms with van der Waals surface area (Å²) in [7, 11) is 1.98. The zero-order valence-electron chi connectivity index (χ0n) is 11.1. The molecule has 3 rings (SSSR count). The van der Waals surface area contributed by atoms with Crippen molar-refractivity contribution in [3.8, 4) is 0 Å². The molecule has 0 aliphatic carbocycles. The molecule has 1 aromatic carbocycles. The Morgan fingerprint density at radius 1 is 1.26 bits per heavy atom. The highest BCUT2D eigenvalue weighted by Gasteiger charge is 2.02. The number of hydrogen-bond donors (Lipinski definition) is 2. The molecule has 0 bridgehead atoms. The van der Waals surface area contributed by atoms with E-state index in [4.69, 9.17) is 0 Å². The van der Waals surface area contributed by atoms with Crippen LogP contribution >= 0.6 is 0 Å². The first-order chi connectivity index (χ1) is 9.34. The van der Waals surface area contributed by atoms with E-state index in [0.29, 0.717) is 0 Å². The molecule has 19 heavy (non-hydrogen) atoms. The van der Waals surface area contributed by atoms with Gasteiger partial charge in [-0.05, 0) is 23.1 Å². The lowest BCUT2D eigenvalue weighted by Gasteiger charge is -2.06. The molecule has 98 valence electrons. The van der Waals surface area contributed by atoms with Crippen LogP contribution in [-0.4, -0.2) is 21.3 Å². The summed E-state index contributed by atoms with van der Waals surface area (Å²) in [5.74, 6) is 0. The second kappa shape index (κ2) is 5.28. The number of fused-ring (bicyclic) bond motifs is 1. The molecule has 2 heterocycles. The Kier molecular flexibility index (Phi) is 3.33. The average Bonchev–Trinajstić information content (AvgIpc) is 3.04. The van der Waals surface area contributed by atoms with Crippen molar-refractivity contribution in [3.05, 3.63) is 54.0 Å². The molecule has 0 atom stereocenters. The molecule has 0 saturated carbocycles. The Labute approximate surface area is 112 Å². The first kappa shape index (κ1) is 12.0. The summed E-state index contributed by atoms with van der Waals surface area (Å²) in [6.07, 6.45) is 4.83. The number of hydrogen-bond acceptors (Lipinski definition) is 2.